The molecule has 0 aliphatic carbocycles. The van der Waals surface area contributed by atoms with Crippen molar-refractivity contribution in [2.75, 3.05) is 4.72 Å². The van der Waals surface area contributed by atoms with Gasteiger partial charge in [-0.2, -0.15) is 0 Å². The molecular formula is C13H9BrClNO4S. The minimum atomic E-state index is -3.83. The van der Waals surface area contributed by atoms with Crippen LogP contribution in [-0.4, -0.2) is 19.5 Å². The molecule has 5 nitrogen and oxygen atoms in total. The number of sulfonamides is 1. The SMILES string of the molecule is O=C(O)c1ccc(S(=O)(=O)Nc2ccc(Br)cc2Cl)cc1. The average Bonchev–Trinajstić information content (AvgIpc) is 2.42. The van der Waals surface area contributed by atoms with Crippen LogP contribution in [0.5, 0.6) is 0 Å². The first kappa shape index (κ1) is 15.8. The molecule has 0 amide bonds. The van der Waals surface area contributed by atoms with E-state index in [0.29, 0.717) is 0 Å². The van der Waals surface area contributed by atoms with E-state index in [1.807, 2.05) is 0 Å². The van der Waals surface area contributed by atoms with Crippen molar-refractivity contribution in [3.8, 4) is 0 Å². The summed E-state index contributed by atoms with van der Waals surface area (Å²) in [6.07, 6.45) is 0. The van der Waals surface area contributed by atoms with E-state index >= 15 is 0 Å². The van der Waals surface area contributed by atoms with Gasteiger partial charge >= 0.3 is 5.97 Å². The minimum Gasteiger partial charge on any atom is -0.478 e. The predicted octanol–water partition coefficient (Wildman–Crippen LogP) is 3.60. The quantitative estimate of drug-likeness (QED) is 0.835. The lowest BCUT2D eigenvalue weighted by molar-refractivity contribution is 0.0697. The summed E-state index contributed by atoms with van der Waals surface area (Å²) in [7, 11) is -3.83. The number of halogens is 2. The Labute approximate surface area is 134 Å². The van der Waals surface area contributed by atoms with Crippen molar-refractivity contribution >= 4 is 49.2 Å². The zero-order valence-corrected chi connectivity index (χ0v) is 13.5. The summed E-state index contributed by atoms with van der Waals surface area (Å²) in [6.45, 7) is 0. The lowest BCUT2D eigenvalue weighted by Gasteiger charge is -2.10. The van der Waals surface area contributed by atoms with Gasteiger partial charge in [-0.1, -0.05) is 27.5 Å². The predicted molar refractivity (Wildman–Crippen MR) is 83.4 cm³/mol. The second kappa shape index (κ2) is 6.05. The second-order valence-corrected chi connectivity index (χ2v) is 7.06. The van der Waals surface area contributed by atoms with Crippen molar-refractivity contribution in [1.82, 2.24) is 0 Å². The largest absolute Gasteiger partial charge is 0.478 e. The first-order chi connectivity index (χ1) is 9.79. The molecule has 2 aromatic rings. The molecule has 0 atom stereocenters. The van der Waals surface area contributed by atoms with Crippen LogP contribution in [0.15, 0.2) is 51.8 Å². The number of anilines is 1. The van der Waals surface area contributed by atoms with Crippen LogP contribution in [-0.2, 0) is 10.0 Å². The van der Waals surface area contributed by atoms with Gasteiger partial charge in [-0.15, -0.1) is 0 Å². The number of carboxylic acids is 1. The van der Waals surface area contributed by atoms with E-state index < -0.39 is 16.0 Å². The molecule has 0 aliphatic rings. The molecule has 2 rings (SSSR count). The fourth-order valence-electron chi connectivity index (χ4n) is 1.55. The number of nitrogens with one attached hydrogen (secondary N) is 1. The summed E-state index contributed by atoms with van der Waals surface area (Å²) in [4.78, 5) is 10.7. The number of carboxylic acid groups (broad SMARTS) is 1. The topological polar surface area (TPSA) is 83.5 Å². The van der Waals surface area contributed by atoms with Crippen LogP contribution in [0.3, 0.4) is 0 Å². The third-order valence-corrected chi connectivity index (χ3v) is 4.77. The molecule has 0 saturated carbocycles. The zero-order chi connectivity index (χ0) is 15.6. The molecule has 0 saturated heterocycles. The fraction of sp³-hybridized carbons (Fsp3) is 0. The summed E-state index contributed by atoms with van der Waals surface area (Å²) in [5.41, 5.74) is 0.248. The highest BCUT2D eigenvalue weighted by atomic mass is 79.9. The highest BCUT2D eigenvalue weighted by Crippen LogP contribution is 2.27. The lowest BCUT2D eigenvalue weighted by Crippen LogP contribution is -2.13. The standard InChI is InChI=1S/C13H9BrClNO4S/c14-9-3-6-12(11(15)7-9)16-21(19,20)10-4-1-8(2-5-10)13(17)18/h1-7,16H,(H,17,18). The van der Waals surface area contributed by atoms with Crippen LogP contribution in [0.1, 0.15) is 10.4 Å². The zero-order valence-electron chi connectivity index (χ0n) is 10.4. The van der Waals surface area contributed by atoms with Crippen LogP contribution in [0, 0.1) is 0 Å². The molecule has 0 aliphatic heterocycles. The van der Waals surface area contributed by atoms with Crippen molar-refractivity contribution in [2.45, 2.75) is 4.90 Å². The van der Waals surface area contributed by atoms with E-state index in [0.717, 1.165) is 4.47 Å². The van der Waals surface area contributed by atoms with Gasteiger partial charge in [0.25, 0.3) is 10.0 Å². The van der Waals surface area contributed by atoms with Crippen LogP contribution < -0.4 is 4.72 Å². The molecule has 0 radical (unpaired) electrons. The molecule has 2 N–H and O–H groups in total. The summed E-state index contributed by atoms with van der Waals surface area (Å²) >= 11 is 9.18. The Balaban J connectivity index is 2.31. The van der Waals surface area contributed by atoms with Gasteiger partial charge in [0, 0.05) is 4.47 Å². The van der Waals surface area contributed by atoms with Gasteiger partial charge in [-0.05, 0) is 42.5 Å². The summed E-state index contributed by atoms with van der Waals surface area (Å²) in [5, 5.41) is 9.03. The third kappa shape index (κ3) is 3.75. The third-order valence-electron chi connectivity index (χ3n) is 2.59. The fourth-order valence-corrected chi connectivity index (χ4v) is 3.41. The maximum atomic E-state index is 12.2. The molecule has 0 aromatic heterocycles. The Bertz CT molecular complexity index is 790. The van der Waals surface area contributed by atoms with Gasteiger partial charge in [0.2, 0.25) is 0 Å². The molecule has 0 bridgehead atoms. The maximum Gasteiger partial charge on any atom is 0.335 e. The number of hydrogen-bond donors (Lipinski definition) is 2. The number of benzene rings is 2. The Morgan fingerprint density at radius 1 is 1.14 bits per heavy atom. The van der Waals surface area contributed by atoms with Crippen molar-refractivity contribution in [3.63, 3.8) is 0 Å². The number of rotatable bonds is 4. The van der Waals surface area contributed by atoms with Crippen molar-refractivity contribution in [2.24, 2.45) is 0 Å². The Kier molecular flexibility index (Phi) is 4.55. The molecule has 21 heavy (non-hydrogen) atoms. The van der Waals surface area contributed by atoms with Crippen molar-refractivity contribution < 1.29 is 18.3 Å². The van der Waals surface area contributed by atoms with Crippen LogP contribution in [0.2, 0.25) is 5.02 Å². The van der Waals surface area contributed by atoms with Gasteiger partial charge in [-0.25, -0.2) is 13.2 Å². The van der Waals surface area contributed by atoms with E-state index in [1.165, 1.54) is 30.3 Å². The molecule has 8 heteroatoms. The maximum absolute atomic E-state index is 12.2. The summed E-state index contributed by atoms with van der Waals surface area (Å²) < 4.78 is 27.5. The first-order valence-electron chi connectivity index (χ1n) is 5.61. The second-order valence-electron chi connectivity index (χ2n) is 4.06. The Hall–Kier alpha value is -1.57. The Morgan fingerprint density at radius 2 is 1.76 bits per heavy atom. The van der Waals surface area contributed by atoms with Gasteiger partial charge in [0.1, 0.15) is 0 Å². The van der Waals surface area contributed by atoms with E-state index in [1.54, 1.807) is 12.1 Å². The molecule has 2 aromatic carbocycles. The van der Waals surface area contributed by atoms with E-state index in [4.69, 9.17) is 16.7 Å². The smallest absolute Gasteiger partial charge is 0.335 e. The summed E-state index contributed by atoms with van der Waals surface area (Å²) in [5.74, 6) is -1.12. The molecule has 0 spiro atoms. The molecular weight excluding hydrogens is 382 g/mol. The van der Waals surface area contributed by atoms with Crippen LogP contribution in [0.25, 0.3) is 0 Å². The van der Waals surface area contributed by atoms with E-state index in [9.17, 15) is 13.2 Å². The van der Waals surface area contributed by atoms with Crippen molar-refractivity contribution in [3.05, 3.63) is 57.5 Å². The normalized spacial score (nSPS) is 11.1. The minimum absolute atomic E-state index is 0.00984. The Morgan fingerprint density at radius 3 is 2.29 bits per heavy atom. The first-order valence-corrected chi connectivity index (χ1v) is 8.26. The lowest BCUT2D eigenvalue weighted by atomic mass is 10.2. The van der Waals surface area contributed by atoms with Gasteiger partial charge < -0.3 is 5.11 Å². The highest BCUT2D eigenvalue weighted by Gasteiger charge is 2.16. The molecule has 0 fully saturated rings. The van der Waals surface area contributed by atoms with Gasteiger partial charge in [-0.3, -0.25) is 4.72 Å². The van der Waals surface area contributed by atoms with Gasteiger partial charge in [0.05, 0.1) is 21.2 Å². The number of carbonyl (C=O) groups is 1. The van der Waals surface area contributed by atoms with Crippen molar-refractivity contribution in [1.29, 1.82) is 0 Å². The van der Waals surface area contributed by atoms with Crippen LogP contribution >= 0.6 is 27.5 Å². The summed E-state index contributed by atoms with van der Waals surface area (Å²) in [6, 6.07) is 9.62. The molecule has 0 unspecified atom stereocenters. The number of hydrogen-bond acceptors (Lipinski definition) is 3. The number of aromatic carboxylic acids is 1. The van der Waals surface area contributed by atoms with Gasteiger partial charge in [0.15, 0.2) is 0 Å². The monoisotopic (exact) mass is 389 g/mol. The molecule has 110 valence electrons. The highest BCUT2D eigenvalue weighted by molar-refractivity contribution is 9.10. The van der Waals surface area contributed by atoms with Crippen LogP contribution in [0.4, 0.5) is 5.69 Å². The van der Waals surface area contributed by atoms with E-state index in [-0.39, 0.29) is 21.2 Å². The average molecular weight is 391 g/mol. The van der Waals surface area contributed by atoms with E-state index in [2.05, 4.69) is 20.7 Å². The molecule has 0 heterocycles.